The lowest BCUT2D eigenvalue weighted by atomic mass is 10.2. The molecule has 1 aromatic heterocycles. The van der Waals surface area contributed by atoms with Crippen LogP contribution >= 0.6 is 0 Å². The number of hydrogen-bond donors (Lipinski definition) is 1. The number of nitrogens with one attached hydrogen (secondary N) is 1. The minimum atomic E-state index is 0.0665. The first kappa shape index (κ1) is 14.8. The van der Waals surface area contributed by atoms with Crippen LogP contribution in [0.25, 0.3) is 0 Å². The maximum absolute atomic E-state index is 12.0. The molecule has 2 rings (SSSR count). The van der Waals surface area contributed by atoms with Crippen LogP contribution in [0.5, 0.6) is 0 Å². The molecule has 0 saturated carbocycles. The summed E-state index contributed by atoms with van der Waals surface area (Å²) in [5.41, 5.74) is 1.09. The van der Waals surface area contributed by atoms with Crippen LogP contribution in [0.4, 0.5) is 4.79 Å². The van der Waals surface area contributed by atoms with Crippen molar-refractivity contribution < 1.29 is 4.79 Å². The molecule has 2 heterocycles. The van der Waals surface area contributed by atoms with E-state index in [2.05, 4.69) is 22.1 Å². The van der Waals surface area contributed by atoms with Gasteiger partial charge in [-0.2, -0.15) is 0 Å². The third-order valence-electron chi connectivity index (χ3n) is 3.75. The molecule has 5 nitrogen and oxygen atoms in total. The molecule has 1 aliphatic rings. The zero-order chi connectivity index (χ0) is 14.4. The van der Waals surface area contributed by atoms with E-state index in [0.717, 1.165) is 44.8 Å². The van der Waals surface area contributed by atoms with Gasteiger partial charge >= 0.3 is 6.03 Å². The second-order valence-corrected chi connectivity index (χ2v) is 5.34. The summed E-state index contributed by atoms with van der Waals surface area (Å²) in [5, 5.41) is 3.02. The van der Waals surface area contributed by atoms with Crippen LogP contribution in [-0.2, 0) is 6.54 Å². The number of aromatic nitrogens is 1. The van der Waals surface area contributed by atoms with Crippen molar-refractivity contribution in [1.82, 2.24) is 20.1 Å². The summed E-state index contributed by atoms with van der Waals surface area (Å²) < 4.78 is 0. The van der Waals surface area contributed by atoms with Gasteiger partial charge in [0.25, 0.3) is 0 Å². The van der Waals surface area contributed by atoms with E-state index in [4.69, 9.17) is 0 Å². The van der Waals surface area contributed by atoms with Crippen molar-refractivity contribution >= 4 is 6.03 Å². The van der Waals surface area contributed by atoms with Gasteiger partial charge in [-0.25, -0.2) is 4.79 Å². The van der Waals surface area contributed by atoms with Gasteiger partial charge in [-0.15, -0.1) is 0 Å². The van der Waals surface area contributed by atoms with Gasteiger partial charge in [0, 0.05) is 45.0 Å². The summed E-state index contributed by atoms with van der Waals surface area (Å²) in [5.74, 6) is 0. The maximum Gasteiger partial charge on any atom is 0.317 e. The first-order chi connectivity index (χ1) is 9.69. The molecule has 0 aliphatic carbocycles. The number of urea groups is 1. The second-order valence-electron chi connectivity index (χ2n) is 5.34. The molecule has 1 N–H and O–H groups in total. The Labute approximate surface area is 121 Å². The van der Waals surface area contributed by atoms with Gasteiger partial charge < -0.3 is 10.2 Å². The molecule has 1 unspecified atom stereocenters. The Morgan fingerprint density at radius 1 is 1.35 bits per heavy atom. The SMILES string of the molecule is CCC(C)NC(=O)N1CCN(Cc2ccccn2)CC1. The average molecular weight is 276 g/mol. The van der Waals surface area contributed by atoms with Gasteiger partial charge in [0.15, 0.2) is 0 Å². The van der Waals surface area contributed by atoms with E-state index in [0.29, 0.717) is 0 Å². The van der Waals surface area contributed by atoms with E-state index in [1.165, 1.54) is 0 Å². The highest BCUT2D eigenvalue weighted by Gasteiger charge is 2.21. The Kier molecular flexibility index (Phi) is 5.35. The number of amides is 2. The molecule has 0 spiro atoms. The first-order valence-corrected chi connectivity index (χ1v) is 7.36. The van der Waals surface area contributed by atoms with Gasteiger partial charge in [-0.3, -0.25) is 9.88 Å². The second kappa shape index (κ2) is 7.24. The number of carbonyl (C=O) groups excluding carboxylic acids is 1. The highest BCUT2D eigenvalue weighted by Crippen LogP contribution is 2.07. The largest absolute Gasteiger partial charge is 0.336 e. The highest BCUT2D eigenvalue weighted by molar-refractivity contribution is 5.74. The minimum absolute atomic E-state index is 0.0665. The van der Waals surface area contributed by atoms with Gasteiger partial charge in [0.2, 0.25) is 0 Å². The normalized spacial score (nSPS) is 17.8. The Bertz CT molecular complexity index is 415. The third kappa shape index (κ3) is 4.20. The lowest BCUT2D eigenvalue weighted by Crippen LogP contribution is -2.52. The van der Waals surface area contributed by atoms with Gasteiger partial charge in [0.05, 0.1) is 5.69 Å². The first-order valence-electron chi connectivity index (χ1n) is 7.36. The highest BCUT2D eigenvalue weighted by atomic mass is 16.2. The third-order valence-corrected chi connectivity index (χ3v) is 3.75. The Morgan fingerprint density at radius 2 is 2.10 bits per heavy atom. The summed E-state index contributed by atoms with van der Waals surface area (Å²) in [7, 11) is 0. The summed E-state index contributed by atoms with van der Waals surface area (Å²) in [6.07, 6.45) is 2.79. The van der Waals surface area contributed by atoms with Crippen LogP contribution in [0.3, 0.4) is 0 Å². The fourth-order valence-electron chi connectivity index (χ4n) is 2.23. The average Bonchev–Trinajstić information content (AvgIpc) is 2.49. The molecule has 20 heavy (non-hydrogen) atoms. The standard InChI is InChI=1S/C15H24N4O/c1-3-13(2)17-15(20)19-10-8-18(9-11-19)12-14-6-4-5-7-16-14/h4-7,13H,3,8-12H2,1-2H3,(H,17,20). The molecule has 0 radical (unpaired) electrons. The van der Waals surface area contributed by atoms with Crippen LogP contribution in [0.2, 0.25) is 0 Å². The quantitative estimate of drug-likeness (QED) is 0.910. The van der Waals surface area contributed by atoms with Crippen molar-refractivity contribution in [2.24, 2.45) is 0 Å². The molecule has 1 aromatic rings. The van der Waals surface area contributed by atoms with Crippen LogP contribution in [-0.4, -0.2) is 53.0 Å². The topological polar surface area (TPSA) is 48.5 Å². The molecular formula is C15H24N4O. The van der Waals surface area contributed by atoms with E-state index in [1.807, 2.05) is 36.2 Å². The fraction of sp³-hybridized carbons (Fsp3) is 0.600. The molecule has 110 valence electrons. The molecule has 0 bridgehead atoms. The van der Waals surface area contributed by atoms with Gasteiger partial charge in [-0.05, 0) is 25.5 Å². The number of piperazine rings is 1. The van der Waals surface area contributed by atoms with Gasteiger partial charge in [0.1, 0.15) is 0 Å². The van der Waals surface area contributed by atoms with E-state index in [-0.39, 0.29) is 12.1 Å². The lowest BCUT2D eigenvalue weighted by molar-refractivity contribution is 0.132. The number of pyridine rings is 1. The summed E-state index contributed by atoms with van der Waals surface area (Å²) in [6.45, 7) is 8.37. The number of rotatable bonds is 4. The smallest absolute Gasteiger partial charge is 0.317 e. The van der Waals surface area contributed by atoms with Crippen molar-refractivity contribution in [3.05, 3.63) is 30.1 Å². The summed E-state index contributed by atoms with van der Waals surface area (Å²) in [6, 6.07) is 6.30. The zero-order valence-electron chi connectivity index (χ0n) is 12.4. The molecule has 2 amide bonds. The van der Waals surface area contributed by atoms with Gasteiger partial charge in [-0.1, -0.05) is 13.0 Å². The molecule has 1 fully saturated rings. The van der Waals surface area contributed by atoms with Crippen LogP contribution in [0.1, 0.15) is 26.0 Å². The van der Waals surface area contributed by atoms with E-state index >= 15 is 0 Å². The van der Waals surface area contributed by atoms with Crippen molar-refractivity contribution in [3.63, 3.8) is 0 Å². The molecule has 1 atom stereocenters. The Morgan fingerprint density at radius 3 is 2.70 bits per heavy atom. The number of carbonyl (C=O) groups is 1. The van der Waals surface area contributed by atoms with Crippen molar-refractivity contribution in [3.8, 4) is 0 Å². The molecule has 1 aliphatic heterocycles. The Balaban J connectivity index is 1.76. The van der Waals surface area contributed by atoms with Crippen molar-refractivity contribution in [2.45, 2.75) is 32.9 Å². The fourth-order valence-corrected chi connectivity index (χ4v) is 2.23. The lowest BCUT2D eigenvalue weighted by Gasteiger charge is -2.35. The molecule has 0 aromatic carbocycles. The monoisotopic (exact) mass is 276 g/mol. The van der Waals surface area contributed by atoms with Crippen LogP contribution < -0.4 is 5.32 Å². The molecule has 1 saturated heterocycles. The number of nitrogens with zero attached hydrogens (tertiary/aromatic N) is 3. The van der Waals surface area contributed by atoms with E-state index < -0.39 is 0 Å². The summed E-state index contributed by atoms with van der Waals surface area (Å²) in [4.78, 5) is 20.6. The predicted molar refractivity (Wildman–Crippen MR) is 79.4 cm³/mol. The van der Waals surface area contributed by atoms with Crippen LogP contribution in [0, 0.1) is 0 Å². The molecule has 5 heteroatoms. The Hall–Kier alpha value is -1.62. The van der Waals surface area contributed by atoms with E-state index in [9.17, 15) is 4.79 Å². The maximum atomic E-state index is 12.0. The summed E-state index contributed by atoms with van der Waals surface area (Å²) >= 11 is 0. The molecular weight excluding hydrogens is 252 g/mol. The zero-order valence-corrected chi connectivity index (χ0v) is 12.4. The van der Waals surface area contributed by atoms with Crippen molar-refractivity contribution in [1.29, 1.82) is 0 Å². The minimum Gasteiger partial charge on any atom is -0.336 e. The van der Waals surface area contributed by atoms with Crippen molar-refractivity contribution in [2.75, 3.05) is 26.2 Å². The van der Waals surface area contributed by atoms with Crippen LogP contribution in [0.15, 0.2) is 24.4 Å². The number of hydrogen-bond acceptors (Lipinski definition) is 3. The van der Waals surface area contributed by atoms with E-state index in [1.54, 1.807) is 0 Å². The predicted octanol–water partition coefficient (Wildman–Crippen LogP) is 1.71.